The fraction of sp³-hybridized carbons (Fsp3) is 0. The molecule has 1 radical (unpaired) electrons. The van der Waals surface area contributed by atoms with Gasteiger partial charge in [0.05, 0.1) is 8.95 Å². The minimum atomic E-state index is -0.0330. The van der Waals surface area contributed by atoms with E-state index in [1.54, 1.807) is 12.1 Å². The number of halogens is 3. The van der Waals surface area contributed by atoms with Crippen LogP contribution in [0.1, 0.15) is 0 Å². The van der Waals surface area contributed by atoms with E-state index < -0.39 is 0 Å². The van der Waals surface area contributed by atoms with E-state index in [1.165, 1.54) is 0 Å². The van der Waals surface area contributed by atoms with Gasteiger partial charge >= 0.3 is 0 Å². The topological polar surface area (TPSA) is 19.9 Å². The van der Waals surface area contributed by atoms with E-state index in [0.29, 0.717) is 8.95 Å². The SMILES string of the molecule is [O]c1c(Br)ccc(Br)c1Br. The second kappa shape index (κ2) is 3.24. The van der Waals surface area contributed by atoms with Crippen LogP contribution in [-0.4, -0.2) is 0 Å². The van der Waals surface area contributed by atoms with Crippen molar-refractivity contribution in [2.24, 2.45) is 0 Å². The molecular weight excluding hydrogens is 328 g/mol. The summed E-state index contributed by atoms with van der Waals surface area (Å²) >= 11 is 9.47. The number of rotatable bonds is 0. The molecule has 0 fully saturated rings. The standard InChI is InChI=1S/C6H2Br3O/c7-3-1-2-4(8)6(10)5(3)9/h1-2H. The molecule has 0 saturated carbocycles. The molecule has 0 aliphatic heterocycles. The van der Waals surface area contributed by atoms with Gasteiger partial charge in [-0.25, -0.2) is 0 Å². The van der Waals surface area contributed by atoms with Crippen molar-refractivity contribution in [1.29, 1.82) is 0 Å². The predicted molar refractivity (Wildman–Crippen MR) is 49.7 cm³/mol. The Bertz CT molecular complexity index is 232. The van der Waals surface area contributed by atoms with Gasteiger partial charge in [0.2, 0.25) is 5.75 Å². The molecule has 0 amide bonds. The van der Waals surface area contributed by atoms with E-state index in [4.69, 9.17) is 0 Å². The summed E-state index contributed by atoms with van der Waals surface area (Å²) in [5.74, 6) is -0.0330. The summed E-state index contributed by atoms with van der Waals surface area (Å²) in [5, 5.41) is 11.1. The maximum absolute atomic E-state index is 11.1. The van der Waals surface area contributed by atoms with Gasteiger partial charge in [-0.05, 0) is 59.9 Å². The smallest absolute Gasteiger partial charge is 0.208 e. The summed E-state index contributed by atoms with van der Waals surface area (Å²) in [6, 6.07) is 3.51. The van der Waals surface area contributed by atoms with Crippen LogP contribution in [0.5, 0.6) is 5.75 Å². The Morgan fingerprint density at radius 1 is 1.00 bits per heavy atom. The third-order valence-corrected chi connectivity index (χ3v) is 3.61. The van der Waals surface area contributed by atoms with Gasteiger partial charge < -0.3 is 0 Å². The van der Waals surface area contributed by atoms with Gasteiger partial charge in [0.1, 0.15) is 0 Å². The average molecular weight is 330 g/mol. The Labute approximate surface area is 83.8 Å². The first-order chi connectivity index (χ1) is 4.63. The molecule has 10 heavy (non-hydrogen) atoms. The molecule has 0 saturated heterocycles. The molecule has 0 heterocycles. The van der Waals surface area contributed by atoms with Crippen molar-refractivity contribution in [2.45, 2.75) is 0 Å². The zero-order valence-electron chi connectivity index (χ0n) is 4.70. The van der Waals surface area contributed by atoms with Gasteiger partial charge in [0.15, 0.2) is 0 Å². The fourth-order valence-corrected chi connectivity index (χ4v) is 1.76. The molecule has 1 aromatic rings. The van der Waals surface area contributed by atoms with Crippen molar-refractivity contribution in [1.82, 2.24) is 0 Å². The maximum atomic E-state index is 11.1. The summed E-state index contributed by atoms with van der Waals surface area (Å²) in [5.41, 5.74) is 0. The monoisotopic (exact) mass is 327 g/mol. The Morgan fingerprint density at radius 3 is 2.00 bits per heavy atom. The molecule has 0 aromatic heterocycles. The highest BCUT2D eigenvalue weighted by Gasteiger charge is 2.07. The number of benzene rings is 1. The first-order valence-corrected chi connectivity index (χ1v) is 4.81. The molecule has 53 valence electrons. The predicted octanol–water partition coefficient (Wildman–Crippen LogP) is 4.12. The second-order valence-electron chi connectivity index (χ2n) is 1.67. The normalized spacial score (nSPS) is 9.90. The summed E-state index contributed by atoms with van der Waals surface area (Å²) in [6.07, 6.45) is 0. The van der Waals surface area contributed by atoms with Crippen LogP contribution >= 0.6 is 47.8 Å². The molecule has 0 N–H and O–H groups in total. The first kappa shape index (κ1) is 8.56. The van der Waals surface area contributed by atoms with E-state index in [-0.39, 0.29) is 5.75 Å². The van der Waals surface area contributed by atoms with Crippen molar-refractivity contribution >= 4 is 47.8 Å². The molecule has 0 aliphatic carbocycles. The maximum Gasteiger partial charge on any atom is 0.208 e. The largest absolute Gasteiger partial charge is 0.287 e. The van der Waals surface area contributed by atoms with Gasteiger partial charge in [-0.3, -0.25) is 5.11 Å². The van der Waals surface area contributed by atoms with E-state index >= 15 is 0 Å². The third kappa shape index (κ3) is 1.54. The summed E-state index contributed by atoms with van der Waals surface area (Å²) in [6.45, 7) is 0. The molecular formula is C6H2Br3O. The highest BCUT2D eigenvalue weighted by molar-refractivity contribution is 9.13. The van der Waals surface area contributed by atoms with Crippen LogP contribution in [-0.2, 0) is 5.11 Å². The van der Waals surface area contributed by atoms with Crippen molar-refractivity contribution < 1.29 is 5.11 Å². The summed E-state index contributed by atoms with van der Waals surface area (Å²) < 4.78 is 1.91. The lowest BCUT2D eigenvalue weighted by Crippen LogP contribution is -1.71. The van der Waals surface area contributed by atoms with Crippen LogP contribution in [0.15, 0.2) is 25.6 Å². The molecule has 4 heteroatoms. The summed E-state index contributed by atoms with van der Waals surface area (Å²) in [4.78, 5) is 0. The van der Waals surface area contributed by atoms with Gasteiger partial charge in [-0.2, -0.15) is 0 Å². The van der Waals surface area contributed by atoms with E-state index in [1.807, 2.05) is 0 Å². The Balaban J connectivity index is 3.34. The molecule has 0 atom stereocenters. The fourth-order valence-electron chi connectivity index (χ4n) is 0.508. The van der Waals surface area contributed by atoms with Gasteiger partial charge in [0.25, 0.3) is 0 Å². The lowest BCUT2D eigenvalue weighted by atomic mass is 10.3. The Morgan fingerprint density at radius 2 is 1.50 bits per heavy atom. The second-order valence-corrected chi connectivity index (χ2v) is 4.17. The van der Waals surface area contributed by atoms with Gasteiger partial charge in [0, 0.05) is 4.47 Å². The van der Waals surface area contributed by atoms with Crippen LogP contribution in [0, 0.1) is 0 Å². The van der Waals surface area contributed by atoms with Crippen molar-refractivity contribution in [3.8, 4) is 5.75 Å². The molecule has 0 aliphatic rings. The third-order valence-electron chi connectivity index (χ3n) is 1.00. The molecule has 0 unspecified atom stereocenters. The summed E-state index contributed by atoms with van der Waals surface area (Å²) in [7, 11) is 0. The quantitative estimate of drug-likeness (QED) is 0.638. The molecule has 1 aromatic carbocycles. The number of hydrogen-bond acceptors (Lipinski definition) is 0. The lowest BCUT2D eigenvalue weighted by Gasteiger charge is -1.97. The van der Waals surface area contributed by atoms with Gasteiger partial charge in [-0.15, -0.1) is 0 Å². The molecule has 1 nitrogen and oxygen atoms in total. The Hall–Kier alpha value is 0.460. The van der Waals surface area contributed by atoms with E-state index in [2.05, 4.69) is 47.8 Å². The van der Waals surface area contributed by atoms with Crippen LogP contribution in [0.3, 0.4) is 0 Å². The van der Waals surface area contributed by atoms with E-state index in [0.717, 1.165) is 4.47 Å². The minimum absolute atomic E-state index is 0.0330. The van der Waals surface area contributed by atoms with E-state index in [9.17, 15) is 5.11 Å². The number of hydrogen-bond donors (Lipinski definition) is 0. The van der Waals surface area contributed by atoms with Crippen molar-refractivity contribution in [2.75, 3.05) is 0 Å². The lowest BCUT2D eigenvalue weighted by molar-refractivity contribution is 0.349. The highest BCUT2D eigenvalue weighted by atomic mass is 79.9. The minimum Gasteiger partial charge on any atom is -0.287 e. The molecule has 1 rings (SSSR count). The Kier molecular flexibility index (Phi) is 2.77. The van der Waals surface area contributed by atoms with Gasteiger partial charge in [-0.1, -0.05) is 0 Å². The first-order valence-electron chi connectivity index (χ1n) is 2.43. The van der Waals surface area contributed by atoms with Crippen LogP contribution in [0.25, 0.3) is 0 Å². The van der Waals surface area contributed by atoms with Crippen LogP contribution in [0.2, 0.25) is 0 Å². The zero-order chi connectivity index (χ0) is 7.72. The molecule has 0 spiro atoms. The molecule has 0 bridgehead atoms. The van der Waals surface area contributed by atoms with Crippen LogP contribution in [0.4, 0.5) is 0 Å². The van der Waals surface area contributed by atoms with Crippen molar-refractivity contribution in [3.63, 3.8) is 0 Å². The average Bonchev–Trinajstić information content (AvgIpc) is 1.93. The van der Waals surface area contributed by atoms with Crippen LogP contribution < -0.4 is 0 Å². The highest BCUT2D eigenvalue weighted by Crippen LogP contribution is 2.37. The zero-order valence-corrected chi connectivity index (χ0v) is 9.45. The van der Waals surface area contributed by atoms with Crippen molar-refractivity contribution in [3.05, 3.63) is 25.6 Å².